The van der Waals surface area contributed by atoms with Crippen LogP contribution in [0.1, 0.15) is 25.3 Å². The van der Waals surface area contributed by atoms with Gasteiger partial charge in [-0.05, 0) is 55.7 Å². The van der Waals surface area contributed by atoms with Crippen molar-refractivity contribution in [3.8, 4) is 6.07 Å². The van der Waals surface area contributed by atoms with Crippen molar-refractivity contribution in [3.05, 3.63) is 53.0 Å². The predicted molar refractivity (Wildman–Crippen MR) is 101 cm³/mol. The molecule has 8 heteroatoms. The van der Waals surface area contributed by atoms with Crippen molar-refractivity contribution in [2.45, 2.75) is 38.5 Å². The number of hydrogen-bond acceptors (Lipinski definition) is 4. The van der Waals surface area contributed by atoms with Crippen LogP contribution in [0, 0.1) is 23.1 Å². The van der Waals surface area contributed by atoms with Crippen LogP contribution in [0.15, 0.2) is 41.6 Å². The standard InChI is InChI=1S/C21H23F4N3O/c1-14(12-28-8-2-3-15-9-17(22)5-7-20(15)28)29-13-27-18-6-4-16(11-26)19(10-18)21(23,24)25/h4-7,9,14,19,27H,2-3,8,10,12-13H2,1H3/t14-,19?/m0/s1. The molecular formula is C21H23F4N3O. The SMILES string of the molecule is C[C@@H](CN1CCCc2cc(F)ccc21)OCNC1=CC=C(C#N)C(C(F)(F)F)C1. The number of allylic oxidation sites excluding steroid dienone is 4. The van der Waals surface area contributed by atoms with Crippen LogP contribution in [0.5, 0.6) is 0 Å². The van der Waals surface area contributed by atoms with Crippen molar-refractivity contribution < 1.29 is 22.3 Å². The fourth-order valence-electron chi connectivity index (χ4n) is 3.72. The van der Waals surface area contributed by atoms with E-state index >= 15 is 0 Å². The monoisotopic (exact) mass is 409 g/mol. The summed E-state index contributed by atoms with van der Waals surface area (Å²) in [5.41, 5.74) is 2.08. The summed E-state index contributed by atoms with van der Waals surface area (Å²) >= 11 is 0. The molecule has 0 saturated carbocycles. The van der Waals surface area contributed by atoms with Crippen LogP contribution >= 0.6 is 0 Å². The number of aryl methyl sites for hydroxylation is 1. The quantitative estimate of drug-likeness (QED) is 0.557. The molecule has 0 saturated heterocycles. The first kappa shape index (κ1) is 21.2. The van der Waals surface area contributed by atoms with Crippen LogP contribution in [0.2, 0.25) is 0 Å². The minimum absolute atomic E-state index is 0.0669. The van der Waals surface area contributed by atoms with E-state index in [4.69, 9.17) is 10.00 Å². The van der Waals surface area contributed by atoms with Crippen LogP contribution in [0.3, 0.4) is 0 Å². The maximum atomic E-state index is 13.4. The van der Waals surface area contributed by atoms with Gasteiger partial charge in [0.25, 0.3) is 0 Å². The lowest BCUT2D eigenvalue weighted by molar-refractivity contribution is -0.163. The van der Waals surface area contributed by atoms with Crippen molar-refractivity contribution >= 4 is 5.69 Å². The molecule has 1 aromatic rings. The van der Waals surface area contributed by atoms with Crippen LogP contribution in [-0.4, -0.2) is 32.1 Å². The fraction of sp³-hybridized carbons (Fsp3) is 0.476. The maximum absolute atomic E-state index is 13.4. The molecular weight excluding hydrogens is 386 g/mol. The number of nitriles is 1. The zero-order valence-electron chi connectivity index (χ0n) is 16.1. The van der Waals surface area contributed by atoms with Crippen LogP contribution in [-0.2, 0) is 11.2 Å². The van der Waals surface area contributed by atoms with Crippen molar-refractivity contribution in [1.29, 1.82) is 5.26 Å². The number of nitrogens with zero attached hydrogens (tertiary/aromatic N) is 2. The van der Waals surface area contributed by atoms with Gasteiger partial charge in [0.1, 0.15) is 12.5 Å². The zero-order valence-corrected chi connectivity index (χ0v) is 16.1. The number of nitrogens with one attached hydrogen (secondary N) is 1. The summed E-state index contributed by atoms with van der Waals surface area (Å²) in [7, 11) is 0. The third-order valence-electron chi connectivity index (χ3n) is 5.19. The minimum atomic E-state index is -4.46. The van der Waals surface area contributed by atoms with Gasteiger partial charge in [0, 0.05) is 36.5 Å². The highest BCUT2D eigenvalue weighted by Crippen LogP contribution is 2.38. The largest absolute Gasteiger partial charge is 0.396 e. The number of halogens is 4. The second-order valence-corrected chi connectivity index (χ2v) is 7.35. The zero-order chi connectivity index (χ0) is 21.0. The van der Waals surface area contributed by atoms with E-state index in [-0.39, 0.29) is 30.6 Å². The van der Waals surface area contributed by atoms with Crippen molar-refractivity contribution in [2.75, 3.05) is 24.7 Å². The number of ether oxygens (including phenoxy) is 1. The van der Waals surface area contributed by atoms with E-state index in [0.29, 0.717) is 12.2 Å². The van der Waals surface area contributed by atoms with Gasteiger partial charge in [-0.3, -0.25) is 0 Å². The van der Waals surface area contributed by atoms with E-state index in [1.54, 1.807) is 18.2 Å². The van der Waals surface area contributed by atoms with Gasteiger partial charge >= 0.3 is 6.18 Å². The molecule has 0 spiro atoms. The molecule has 1 N–H and O–H groups in total. The first-order valence-corrected chi connectivity index (χ1v) is 9.54. The number of fused-ring (bicyclic) bond motifs is 1. The minimum Gasteiger partial charge on any atom is -0.369 e. The Labute approximate surface area is 167 Å². The second-order valence-electron chi connectivity index (χ2n) is 7.35. The van der Waals surface area contributed by atoms with Gasteiger partial charge in [0.2, 0.25) is 0 Å². The van der Waals surface area contributed by atoms with Crippen LogP contribution < -0.4 is 10.2 Å². The summed E-state index contributed by atoms with van der Waals surface area (Å²) in [4.78, 5) is 2.14. The lowest BCUT2D eigenvalue weighted by Crippen LogP contribution is -2.37. The summed E-state index contributed by atoms with van der Waals surface area (Å²) in [6.07, 6.45) is -0.467. The lowest BCUT2D eigenvalue weighted by atomic mass is 9.90. The molecule has 1 aliphatic heterocycles. The maximum Gasteiger partial charge on any atom is 0.396 e. The molecule has 0 amide bonds. The third kappa shape index (κ3) is 5.30. The second kappa shape index (κ2) is 8.87. The number of hydrogen-bond donors (Lipinski definition) is 1. The molecule has 0 radical (unpaired) electrons. The van der Waals surface area contributed by atoms with Crippen molar-refractivity contribution in [1.82, 2.24) is 5.32 Å². The number of anilines is 1. The van der Waals surface area contributed by atoms with Gasteiger partial charge in [0.15, 0.2) is 0 Å². The van der Waals surface area contributed by atoms with E-state index in [2.05, 4.69) is 10.2 Å². The fourth-order valence-corrected chi connectivity index (χ4v) is 3.72. The highest BCUT2D eigenvalue weighted by Gasteiger charge is 2.43. The molecule has 0 fully saturated rings. The molecule has 29 heavy (non-hydrogen) atoms. The van der Waals surface area contributed by atoms with Crippen molar-refractivity contribution in [2.24, 2.45) is 5.92 Å². The van der Waals surface area contributed by atoms with Crippen LogP contribution in [0.25, 0.3) is 0 Å². The van der Waals surface area contributed by atoms with Gasteiger partial charge in [0.05, 0.1) is 18.1 Å². The first-order chi connectivity index (χ1) is 13.8. The van der Waals surface area contributed by atoms with Gasteiger partial charge < -0.3 is 15.0 Å². The summed E-state index contributed by atoms with van der Waals surface area (Å²) in [6, 6.07) is 6.40. The molecule has 156 valence electrons. The number of rotatable bonds is 6. The molecule has 1 heterocycles. The van der Waals surface area contributed by atoms with Crippen LogP contribution in [0.4, 0.5) is 23.2 Å². The van der Waals surface area contributed by atoms with E-state index in [1.807, 2.05) is 6.92 Å². The lowest BCUT2D eigenvalue weighted by Gasteiger charge is -2.33. The van der Waals surface area contributed by atoms with E-state index < -0.39 is 12.1 Å². The Morgan fingerprint density at radius 1 is 1.34 bits per heavy atom. The molecule has 0 aromatic heterocycles. The van der Waals surface area contributed by atoms with E-state index in [9.17, 15) is 17.6 Å². The summed E-state index contributed by atoms with van der Waals surface area (Å²) in [6.45, 7) is 3.40. The van der Waals surface area contributed by atoms with Gasteiger partial charge in [-0.1, -0.05) is 0 Å². The average molecular weight is 409 g/mol. The van der Waals surface area contributed by atoms with Crippen molar-refractivity contribution in [3.63, 3.8) is 0 Å². The number of benzene rings is 1. The summed E-state index contributed by atoms with van der Waals surface area (Å²) in [5.74, 6) is -2.03. The molecule has 2 atom stereocenters. The molecule has 1 unspecified atom stereocenters. The normalized spacial score (nSPS) is 20.3. The smallest absolute Gasteiger partial charge is 0.369 e. The molecule has 1 aliphatic carbocycles. The molecule has 0 bridgehead atoms. The Balaban J connectivity index is 1.51. The van der Waals surface area contributed by atoms with E-state index in [0.717, 1.165) is 30.6 Å². The topological polar surface area (TPSA) is 48.3 Å². The average Bonchev–Trinajstić information content (AvgIpc) is 2.67. The Bertz CT molecular complexity index is 841. The van der Waals surface area contributed by atoms with E-state index in [1.165, 1.54) is 18.2 Å². The Morgan fingerprint density at radius 3 is 2.86 bits per heavy atom. The van der Waals surface area contributed by atoms with Gasteiger partial charge in [-0.15, -0.1) is 0 Å². The summed E-state index contributed by atoms with van der Waals surface area (Å²) < 4.78 is 58.5. The third-order valence-corrected chi connectivity index (χ3v) is 5.19. The Hall–Kier alpha value is -2.53. The Morgan fingerprint density at radius 2 is 2.14 bits per heavy atom. The molecule has 3 rings (SSSR count). The highest BCUT2D eigenvalue weighted by atomic mass is 19.4. The van der Waals surface area contributed by atoms with Gasteiger partial charge in [-0.25, -0.2) is 4.39 Å². The predicted octanol–water partition coefficient (Wildman–Crippen LogP) is 4.45. The molecule has 1 aromatic carbocycles. The first-order valence-electron chi connectivity index (χ1n) is 9.54. The number of alkyl halides is 3. The highest BCUT2D eigenvalue weighted by molar-refractivity contribution is 5.55. The van der Waals surface area contributed by atoms with Gasteiger partial charge in [-0.2, -0.15) is 18.4 Å². The summed E-state index contributed by atoms with van der Waals surface area (Å²) in [5, 5.41) is 11.8. The molecule has 2 aliphatic rings. The Kier molecular flexibility index (Phi) is 6.48. The molecule has 4 nitrogen and oxygen atoms in total.